The minimum atomic E-state index is 0.0239. The number of hydrogen-bond donors (Lipinski definition) is 0. The first-order valence-electron chi connectivity index (χ1n) is 8.25. The van der Waals surface area contributed by atoms with Gasteiger partial charge in [0.15, 0.2) is 0 Å². The summed E-state index contributed by atoms with van der Waals surface area (Å²) in [6, 6.07) is 7.08. The molecule has 1 fully saturated rings. The third-order valence-electron chi connectivity index (χ3n) is 4.50. The van der Waals surface area contributed by atoms with Gasteiger partial charge >= 0.3 is 0 Å². The zero-order valence-electron chi connectivity index (χ0n) is 13.8. The predicted molar refractivity (Wildman–Crippen MR) is 88.0 cm³/mol. The Labute approximate surface area is 133 Å². The maximum absolute atomic E-state index is 12.5. The second-order valence-corrected chi connectivity index (χ2v) is 6.03. The highest BCUT2D eigenvalue weighted by Crippen LogP contribution is 2.18. The van der Waals surface area contributed by atoms with Crippen LogP contribution < -0.4 is 0 Å². The highest BCUT2D eigenvalue weighted by atomic mass is 16.2. The minimum Gasteiger partial charge on any atom is -0.339 e. The van der Waals surface area contributed by atoms with Crippen molar-refractivity contribution in [1.29, 1.82) is 0 Å². The maximum atomic E-state index is 12.5. The number of rotatable bonds is 4. The Morgan fingerprint density at radius 3 is 2.05 bits per heavy atom. The number of carbonyl (C=O) groups excluding carboxylic acids is 2. The van der Waals surface area contributed by atoms with E-state index in [0.717, 1.165) is 25.9 Å². The SMILES string of the molecule is CCN(CC)C(=O)c1ccc(C(=O)N2CCC(C)CC2)cc1. The molecule has 2 amide bonds. The van der Waals surface area contributed by atoms with Gasteiger partial charge in [-0.15, -0.1) is 0 Å². The minimum absolute atomic E-state index is 0.0239. The Bertz CT molecular complexity index is 512. The number of hydrogen-bond acceptors (Lipinski definition) is 2. The van der Waals surface area contributed by atoms with Crippen LogP contribution >= 0.6 is 0 Å². The Morgan fingerprint density at radius 1 is 1.05 bits per heavy atom. The molecule has 1 aromatic rings. The Hall–Kier alpha value is -1.84. The molecule has 0 bridgehead atoms. The van der Waals surface area contributed by atoms with Crippen molar-refractivity contribution in [2.45, 2.75) is 33.6 Å². The highest BCUT2D eigenvalue weighted by Gasteiger charge is 2.21. The molecule has 0 N–H and O–H groups in total. The quantitative estimate of drug-likeness (QED) is 0.857. The van der Waals surface area contributed by atoms with Gasteiger partial charge in [0.25, 0.3) is 11.8 Å². The lowest BCUT2D eigenvalue weighted by Crippen LogP contribution is -2.37. The lowest BCUT2D eigenvalue weighted by atomic mass is 9.98. The van der Waals surface area contributed by atoms with Gasteiger partial charge in [-0.05, 0) is 56.9 Å². The molecule has 1 aliphatic heterocycles. The molecule has 120 valence electrons. The Balaban J connectivity index is 2.05. The largest absolute Gasteiger partial charge is 0.339 e. The standard InChI is InChI=1S/C18H26N2O2/c1-4-19(5-2)17(21)15-6-8-16(9-7-15)18(22)20-12-10-14(3)11-13-20/h6-9,14H,4-5,10-13H2,1-3H3. The molecule has 0 spiro atoms. The highest BCUT2D eigenvalue weighted by molar-refractivity contribution is 5.97. The van der Waals surface area contributed by atoms with E-state index in [1.165, 1.54) is 0 Å². The molecule has 0 saturated carbocycles. The van der Waals surface area contributed by atoms with Gasteiger partial charge < -0.3 is 9.80 Å². The van der Waals surface area contributed by atoms with Crippen molar-refractivity contribution in [2.24, 2.45) is 5.92 Å². The Morgan fingerprint density at radius 2 is 1.55 bits per heavy atom. The molecule has 0 atom stereocenters. The molecule has 1 saturated heterocycles. The lowest BCUT2D eigenvalue weighted by Gasteiger charge is -2.30. The summed E-state index contributed by atoms with van der Waals surface area (Å²) < 4.78 is 0. The molecule has 1 aliphatic rings. The van der Waals surface area contributed by atoms with Gasteiger partial charge in [-0.2, -0.15) is 0 Å². The number of carbonyl (C=O) groups is 2. The molecule has 22 heavy (non-hydrogen) atoms. The maximum Gasteiger partial charge on any atom is 0.253 e. The van der Waals surface area contributed by atoms with Gasteiger partial charge in [0.05, 0.1) is 0 Å². The molecule has 4 heteroatoms. The van der Waals surface area contributed by atoms with E-state index in [2.05, 4.69) is 6.92 Å². The van der Waals surface area contributed by atoms with Crippen LogP contribution in [0.2, 0.25) is 0 Å². The van der Waals surface area contributed by atoms with Gasteiger partial charge in [-0.3, -0.25) is 9.59 Å². The third kappa shape index (κ3) is 3.67. The average Bonchev–Trinajstić information content (AvgIpc) is 2.56. The topological polar surface area (TPSA) is 40.6 Å². The van der Waals surface area contributed by atoms with E-state index in [0.29, 0.717) is 30.1 Å². The number of amides is 2. The fourth-order valence-electron chi connectivity index (χ4n) is 2.84. The summed E-state index contributed by atoms with van der Waals surface area (Å²) in [4.78, 5) is 28.4. The summed E-state index contributed by atoms with van der Waals surface area (Å²) >= 11 is 0. The molecule has 1 aromatic carbocycles. The number of nitrogens with zero attached hydrogens (tertiary/aromatic N) is 2. The first-order chi connectivity index (χ1) is 10.6. The molecule has 0 unspecified atom stereocenters. The second kappa shape index (κ2) is 7.43. The molecular formula is C18H26N2O2. The summed E-state index contributed by atoms with van der Waals surface area (Å²) in [6.07, 6.45) is 2.15. The van der Waals surface area contributed by atoms with Gasteiger partial charge in [-0.1, -0.05) is 6.92 Å². The first-order valence-corrected chi connectivity index (χ1v) is 8.25. The zero-order valence-corrected chi connectivity index (χ0v) is 13.8. The van der Waals surface area contributed by atoms with Crippen LogP contribution in [0.25, 0.3) is 0 Å². The van der Waals surface area contributed by atoms with Crippen molar-refractivity contribution < 1.29 is 9.59 Å². The second-order valence-electron chi connectivity index (χ2n) is 6.03. The Kier molecular flexibility index (Phi) is 5.58. The van der Waals surface area contributed by atoms with Crippen molar-refractivity contribution in [2.75, 3.05) is 26.2 Å². The average molecular weight is 302 g/mol. The molecular weight excluding hydrogens is 276 g/mol. The number of benzene rings is 1. The van der Waals surface area contributed by atoms with Crippen molar-refractivity contribution in [3.05, 3.63) is 35.4 Å². The summed E-state index contributed by atoms with van der Waals surface area (Å²) in [5, 5.41) is 0. The summed E-state index contributed by atoms with van der Waals surface area (Å²) in [5.41, 5.74) is 1.32. The monoisotopic (exact) mass is 302 g/mol. The van der Waals surface area contributed by atoms with Crippen LogP contribution in [-0.2, 0) is 0 Å². The van der Waals surface area contributed by atoms with E-state index in [-0.39, 0.29) is 11.8 Å². The zero-order chi connectivity index (χ0) is 16.1. The predicted octanol–water partition coefficient (Wildman–Crippen LogP) is 3.04. The van der Waals surface area contributed by atoms with Crippen LogP contribution in [0, 0.1) is 5.92 Å². The van der Waals surface area contributed by atoms with Crippen molar-refractivity contribution in [3.63, 3.8) is 0 Å². The van der Waals surface area contributed by atoms with Crippen LogP contribution in [-0.4, -0.2) is 47.8 Å². The molecule has 0 aromatic heterocycles. The van der Waals surface area contributed by atoms with Gasteiger partial charge in [0.1, 0.15) is 0 Å². The molecule has 2 rings (SSSR count). The molecule has 0 radical (unpaired) electrons. The van der Waals surface area contributed by atoms with Crippen LogP contribution in [0.5, 0.6) is 0 Å². The normalized spacial score (nSPS) is 15.7. The van der Waals surface area contributed by atoms with Gasteiger partial charge in [0.2, 0.25) is 0 Å². The summed E-state index contributed by atoms with van der Waals surface area (Å²) in [7, 11) is 0. The number of likely N-dealkylation sites (tertiary alicyclic amines) is 1. The van der Waals surface area contributed by atoms with E-state index < -0.39 is 0 Å². The van der Waals surface area contributed by atoms with Gasteiger partial charge in [0, 0.05) is 37.3 Å². The third-order valence-corrected chi connectivity index (χ3v) is 4.50. The van der Waals surface area contributed by atoms with E-state index in [1.54, 1.807) is 29.2 Å². The summed E-state index contributed by atoms with van der Waals surface area (Å²) in [6.45, 7) is 9.23. The molecule has 1 heterocycles. The number of piperidine rings is 1. The van der Waals surface area contributed by atoms with E-state index >= 15 is 0 Å². The van der Waals surface area contributed by atoms with Crippen LogP contribution in [0.3, 0.4) is 0 Å². The molecule has 4 nitrogen and oxygen atoms in total. The lowest BCUT2D eigenvalue weighted by molar-refractivity contribution is 0.0695. The van der Waals surface area contributed by atoms with Crippen LogP contribution in [0.4, 0.5) is 0 Å². The van der Waals surface area contributed by atoms with Gasteiger partial charge in [-0.25, -0.2) is 0 Å². The van der Waals surface area contributed by atoms with E-state index in [9.17, 15) is 9.59 Å². The first kappa shape index (κ1) is 16.5. The fourth-order valence-corrected chi connectivity index (χ4v) is 2.84. The van der Waals surface area contributed by atoms with E-state index in [4.69, 9.17) is 0 Å². The van der Waals surface area contributed by atoms with Crippen molar-refractivity contribution in [1.82, 2.24) is 9.80 Å². The van der Waals surface area contributed by atoms with Crippen LogP contribution in [0.15, 0.2) is 24.3 Å². The molecule has 0 aliphatic carbocycles. The van der Waals surface area contributed by atoms with Crippen LogP contribution in [0.1, 0.15) is 54.3 Å². The summed E-state index contributed by atoms with van der Waals surface area (Å²) in [5.74, 6) is 0.808. The fraction of sp³-hybridized carbons (Fsp3) is 0.556. The van der Waals surface area contributed by atoms with E-state index in [1.807, 2.05) is 18.7 Å². The van der Waals surface area contributed by atoms with Crippen molar-refractivity contribution >= 4 is 11.8 Å². The smallest absolute Gasteiger partial charge is 0.253 e. The van der Waals surface area contributed by atoms with Crippen molar-refractivity contribution in [3.8, 4) is 0 Å².